The fourth-order valence-electron chi connectivity index (χ4n) is 1.57. The van der Waals surface area contributed by atoms with Crippen LogP contribution < -0.4 is 4.74 Å². The maximum absolute atomic E-state index is 13.7. The van der Waals surface area contributed by atoms with Crippen LogP contribution in [0.1, 0.15) is 18.9 Å². The van der Waals surface area contributed by atoms with Crippen LogP contribution in [0.25, 0.3) is 6.08 Å². The number of benzene rings is 1. The smallest absolute Gasteiger partial charge is 0.328 e. The number of hydrogen-bond donors (Lipinski definition) is 1. The monoisotopic (exact) mass is 316 g/mol. The van der Waals surface area contributed by atoms with Gasteiger partial charge in [0.1, 0.15) is 9.84 Å². The fourth-order valence-corrected chi connectivity index (χ4v) is 2.41. The highest BCUT2D eigenvalue weighted by molar-refractivity contribution is 7.91. The Hall–Kier alpha value is -1.89. The lowest BCUT2D eigenvalue weighted by molar-refractivity contribution is -0.131. The summed E-state index contributed by atoms with van der Waals surface area (Å²) >= 11 is 0. The first kappa shape index (κ1) is 17.2. The summed E-state index contributed by atoms with van der Waals surface area (Å²) in [4.78, 5) is 10.5. The molecule has 1 N–H and O–H groups in total. The summed E-state index contributed by atoms with van der Waals surface area (Å²) in [7, 11) is -3.08. The van der Waals surface area contributed by atoms with Gasteiger partial charge in [-0.05, 0) is 18.6 Å². The van der Waals surface area contributed by atoms with Gasteiger partial charge < -0.3 is 9.84 Å². The van der Waals surface area contributed by atoms with E-state index in [-0.39, 0.29) is 35.8 Å². The highest BCUT2D eigenvalue weighted by Gasteiger charge is 2.10. The molecule has 21 heavy (non-hydrogen) atoms. The average molecular weight is 316 g/mol. The molecule has 0 fully saturated rings. The first-order valence-electron chi connectivity index (χ1n) is 6.38. The number of sulfone groups is 1. The third kappa shape index (κ3) is 5.95. The standard InChI is InChI=1S/C14H17FO5S/c1-2-21(18,19)10-4-9-20-14-11(7-8-13(16)17)5-3-6-12(14)15/h3,5-8H,2,4,9-10H2,1H3,(H,16,17)/b8-7+. The first-order valence-corrected chi connectivity index (χ1v) is 8.20. The molecule has 0 amide bonds. The Kier molecular flexibility index (Phi) is 6.36. The lowest BCUT2D eigenvalue weighted by atomic mass is 10.2. The molecule has 0 saturated carbocycles. The Balaban J connectivity index is 2.72. The number of carboxylic acids is 1. The number of halogens is 1. The highest BCUT2D eigenvalue weighted by Crippen LogP contribution is 2.24. The average Bonchev–Trinajstić information content (AvgIpc) is 2.43. The largest absolute Gasteiger partial charge is 0.490 e. The highest BCUT2D eigenvalue weighted by atomic mass is 32.2. The van der Waals surface area contributed by atoms with Crippen LogP contribution in [-0.2, 0) is 14.6 Å². The number of para-hydroxylation sites is 1. The van der Waals surface area contributed by atoms with Crippen molar-refractivity contribution in [3.05, 3.63) is 35.7 Å². The van der Waals surface area contributed by atoms with Gasteiger partial charge in [-0.2, -0.15) is 0 Å². The van der Waals surface area contributed by atoms with Crippen LogP contribution in [0.2, 0.25) is 0 Å². The molecular weight excluding hydrogens is 299 g/mol. The molecular formula is C14H17FO5S. The summed E-state index contributed by atoms with van der Waals surface area (Å²) in [6, 6.07) is 4.14. The number of aliphatic carboxylic acids is 1. The quantitative estimate of drug-likeness (QED) is 0.587. The van der Waals surface area contributed by atoms with Crippen molar-refractivity contribution >= 4 is 21.9 Å². The van der Waals surface area contributed by atoms with Gasteiger partial charge >= 0.3 is 5.97 Å². The predicted molar refractivity (Wildman–Crippen MR) is 77.5 cm³/mol. The van der Waals surface area contributed by atoms with Crippen molar-refractivity contribution in [2.45, 2.75) is 13.3 Å². The lowest BCUT2D eigenvalue weighted by Crippen LogP contribution is -2.12. The zero-order valence-corrected chi connectivity index (χ0v) is 12.4. The van der Waals surface area contributed by atoms with Crippen molar-refractivity contribution in [2.24, 2.45) is 0 Å². The van der Waals surface area contributed by atoms with E-state index in [4.69, 9.17) is 9.84 Å². The molecule has 7 heteroatoms. The number of carboxylic acid groups (broad SMARTS) is 1. The Morgan fingerprint density at radius 1 is 1.43 bits per heavy atom. The molecule has 0 spiro atoms. The van der Waals surface area contributed by atoms with E-state index < -0.39 is 21.6 Å². The molecule has 116 valence electrons. The summed E-state index contributed by atoms with van der Waals surface area (Å²) in [5.41, 5.74) is 0.288. The third-order valence-electron chi connectivity index (χ3n) is 2.69. The van der Waals surface area contributed by atoms with Gasteiger partial charge in [0.15, 0.2) is 11.6 Å². The molecule has 0 aliphatic carbocycles. The topological polar surface area (TPSA) is 80.7 Å². The summed E-state index contributed by atoms with van der Waals surface area (Å²) in [6.45, 7) is 1.59. The van der Waals surface area contributed by atoms with Gasteiger partial charge in [0, 0.05) is 17.4 Å². The Labute approximate surface area is 123 Å². The number of carbonyl (C=O) groups is 1. The van der Waals surface area contributed by atoms with E-state index in [9.17, 15) is 17.6 Å². The maximum Gasteiger partial charge on any atom is 0.328 e. The second-order valence-corrected chi connectivity index (χ2v) is 6.74. The fraction of sp³-hybridized carbons (Fsp3) is 0.357. The van der Waals surface area contributed by atoms with Gasteiger partial charge in [-0.3, -0.25) is 0 Å². The van der Waals surface area contributed by atoms with E-state index in [0.29, 0.717) is 0 Å². The van der Waals surface area contributed by atoms with Crippen molar-refractivity contribution in [3.63, 3.8) is 0 Å². The minimum absolute atomic E-state index is 0.0295. The molecule has 0 heterocycles. The number of rotatable bonds is 8. The van der Waals surface area contributed by atoms with E-state index in [1.165, 1.54) is 24.3 Å². The van der Waals surface area contributed by atoms with Crippen LogP contribution in [-0.4, -0.2) is 37.6 Å². The Morgan fingerprint density at radius 3 is 2.76 bits per heavy atom. The molecule has 0 saturated heterocycles. The van der Waals surface area contributed by atoms with Crippen LogP contribution in [0.15, 0.2) is 24.3 Å². The Bertz CT molecular complexity index is 622. The molecule has 1 rings (SSSR count). The molecule has 0 aliphatic heterocycles. The summed E-state index contributed by atoms with van der Waals surface area (Å²) in [6.07, 6.45) is 2.35. The van der Waals surface area contributed by atoms with Crippen LogP contribution in [0, 0.1) is 5.82 Å². The predicted octanol–water partition coefficient (Wildman–Crippen LogP) is 2.13. The van der Waals surface area contributed by atoms with Gasteiger partial charge in [0.25, 0.3) is 0 Å². The number of hydrogen-bond acceptors (Lipinski definition) is 4. The van der Waals surface area contributed by atoms with Gasteiger partial charge in [0.05, 0.1) is 12.4 Å². The first-order chi connectivity index (χ1) is 9.85. The molecule has 0 bridgehead atoms. The van der Waals surface area contributed by atoms with E-state index >= 15 is 0 Å². The van der Waals surface area contributed by atoms with Crippen LogP contribution >= 0.6 is 0 Å². The van der Waals surface area contributed by atoms with Gasteiger partial charge in [-0.15, -0.1) is 0 Å². The van der Waals surface area contributed by atoms with Gasteiger partial charge in [0.2, 0.25) is 0 Å². The van der Waals surface area contributed by atoms with Crippen LogP contribution in [0.5, 0.6) is 5.75 Å². The molecule has 0 unspecified atom stereocenters. The summed E-state index contributed by atoms with van der Waals surface area (Å²) < 4.78 is 41.6. The molecule has 1 aromatic rings. The molecule has 0 atom stereocenters. The van der Waals surface area contributed by atoms with E-state index in [0.717, 1.165) is 6.08 Å². The molecule has 0 aromatic heterocycles. The molecule has 5 nitrogen and oxygen atoms in total. The second-order valence-electron chi connectivity index (χ2n) is 4.27. The van der Waals surface area contributed by atoms with Crippen LogP contribution in [0.4, 0.5) is 4.39 Å². The van der Waals surface area contributed by atoms with Gasteiger partial charge in [-0.25, -0.2) is 17.6 Å². The number of ether oxygens (including phenoxy) is 1. The molecule has 0 radical (unpaired) electrons. The maximum atomic E-state index is 13.7. The van der Waals surface area contributed by atoms with E-state index in [1.807, 2.05) is 0 Å². The lowest BCUT2D eigenvalue weighted by Gasteiger charge is -2.10. The zero-order valence-electron chi connectivity index (χ0n) is 11.6. The third-order valence-corrected chi connectivity index (χ3v) is 4.48. The second kappa shape index (κ2) is 7.78. The van der Waals surface area contributed by atoms with Crippen molar-refractivity contribution in [1.29, 1.82) is 0 Å². The van der Waals surface area contributed by atoms with Crippen molar-refractivity contribution in [2.75, 3.05) is 18.1 Å². The van der Waals surface area contributed by atoms with E-state index in [2.05, 4.69) is 0 Å². The van der Waals surface area contributed by atoms with Crippen LogP contribution in [0.3, 0.4) is 0 Å². The zero-order chi connectivity index (χ0) is 15.9. The minimum atomic E-state index is -3.08. The van der Waals surface area contributed by atoms with E-state index in [1.54, 1.807) is 6.92 Å². The Morgan fingerprint density at radius 2 is 2.14 bits per heavy atom. The molecule has 1 aromatic carbocycles. The molecule has 0 aliphatic rings. The summed E-state index contributed by atoms with van der Waals surface area (Å²) in [5, 5.41) is 8.58. The normalized spacial score (nSPS) is 11.7. The van der Waals surface area contributed by atoms with Crippen molar-refractivity contribution < 1.29 is 27.4 Å². The van der Waals surface area contributed by atoms with Crippen molar-refractivity contribution in [1.82, 2.24) is 0 Å². The minimum Gasteiger partial charge on any atom is -0.490 e. The van der Waals surface area contributed by atoms with Gasteiger partial charge in [-0.1, -0.05) is 19.1 Å². The van der Waals surface area contributed by atoms with Crippen molar-refractivity contribution in [3.8, 4) is 5.75 Å². The summed E-state index contributed by atoms with van der Waals surface area (Å²) in [5.74, 6) is -1.83. The SMILES string of the molecule is CCS(=O)(=O)CCCOc1c(F)cccc1/C=C/C(=O)O.